The highest BCUT2D eigenvalue weighted by atomic mass is 14.0. The number of hydrogen-bond donors (Lipinski definition) is 0. The van der Waals surface area contributed by atoms with E-state index in [1.54, 1.807) is 5.57 Å². The summed E-state index contributed by atoms with van der Waals surface area (Å²) in [5.74, 6) is 0. The summed E-state index contributed by atoms with van der Waals surface area (Å²) in [7, 11) is 0. The minimum Gasteiger partial charge on any atom is -0.0999 e. The first-order valence-electron chi connectivity index (χ1n) is 6.59. The van der Waals surface area contributed by atoms with Gasteiger partial charge >= 0.3 is 0 Å². The molecule has 0 aromatic heterocycles. The quantitative estimate of drug-likeness (QED) is 0.429. The molecule has 0 aliphatic heterocycles. The lowest BCUT2D eigenvalue weighted by molar-refractivity contribution is 0.756. The Bertz CT molecular complexity index is 186. The van der Waals surface area contributed by atoms with Crippen LogP contribution in [0.4, 0.5) is 0 Å². The van der Waals surface area contributed by atoms with Gasteiger partial charge < -0.3 is 0 Å². The van der Waals surface area contributed by atoms with Gasteiger partial charge in [-0.05, 0) is 38.5 Å². The van der Waals surface area contributed by atoms with Crippen molar-refractivity contribution in [3.8, 4) is 0 Å². The first kappa shape index (κ1) is 14.5. The number of allylic oxidation sites excluding steroid dienone is 3. The van der Waals surface area contributed by atoms with Crippen LogP contribution in [-0.2, 0) is 0 Å². The van der Waals surface area contributed by atoms with Crippen LogP contribution in [0.5, 0.6) is 0 Å². The molecule has 0 fully saturated rings. The molecule has 0 heterocycles. The normalized spacial score (nSPS) is 11.8. The molecule has 0 heteroatoms. The Morgan fingerprint density at radius 2 is 1.73 bits per heavy atom. The van der Waals surface area contributed by atoms with Crippen LogP contribution >= 0.6 is 0 Å². The summed E-state index contributed by atoms with van der Waals surface area (Å²) in [6.45, 7) is 10.8. The van der Waals surface area contributed by atoms with Crippen molar-refractivity contribution in [2.24, 2.45) is 0 Å². The van der Waals surface area contributed by atoms with Gasteiger partial charge in [0.1, 0.15) is 0 Å². The van der Waals surface area contributed by atoms with Gasteiger partial charge in [0.15, 0.2) is 0 Å². The van der Waals surface area contributed by atoms with Gasteiger partial charge in [0.05, 0.1) is 0 Å². The maximum Gasteiger partial charge on any atom is -0.0288 e. The molecule has 0 bridgehead atoms. The van der Waals surface area contributed by atoms with Crippen molar-refractivity contribution in [1.29, 1.82) is 0 Å². The zero-order chi connectivity index (χ0) is 11.5. The summed E-state index contributed by atoms with van der Waals surface area (Å²) in [4.78, 5) is 0. The van der Waals surface area contributed by atoms with Gasteiger partial charge in [0, 0.05) is 0 Å². The van der Waals surface area contributed by atoms with Crippen LogP contribution in [0.3, 0.4) is 0 Å². The molecule has 0 nitrogen and oxygen atoms in total. The number of hydrogen-bond acceptors (Lipinski definition) is 0. The maximum atomic E-state index is 4.10. The first-order valence-corrected chi connectivity index (χ1v) is 6.59. The highest BCUT2D eigenvalue weighted by Gasteiger charge is 1.95. The zero-order valence-electron chi connectivity index (χ0n) is 10.9. The molecule has 0 aromatic rings. The lowest BCUT2D eigenvalue weighted by Gasteiger charge is -2.05. The highest BCUT2D eigenvalue weighted by Crippen LogP contribution is 2.15. The maximum absolute atomic E-state index is 4.10. The molecular formula is C15H28. The second-order valence-electron chi connectivity index (χ2n) is 4.36. The van der Waals surface area contributed by atoms with E-state index in [-0.39, 0.29) is 0 Å². The van der Waals surface area contributed by atoms with E-state index in [9.17, 15) is 0 Å². The van der Waals surface area contributed by atoms with Gasteiger partial charge in [-0.2, -0.15) is 0 Å². The molecule has 0 rings (SSSR count). The van der Waals surface area contributed by atoms with Crippen LogP contribution in [-0.4, -0.2) is 0 Å². The van der Waals surface area contributed by atoms with Crippen molar-refractivity contribution in [2.75, 3.05) is 0 Å². The van der Waals surface area contributed by atoms with Crippen molar-refractivity contribution in [2.45, 2.75) is 72.1 Å². The van der Waals surface area contributed by atoms with E-state index >= 15 is 0 Å². The Kier molecular flexibility index (Phi) is 9.67. The van der Waals surface area contributed by atoms with Gasteiger partial charge in [-0.25, -0.2) is 0 Å². The largest absolute Gasteiger partial charge is 0.0999 e. The number of rotatable bonds is 9. The van der Waals surface area contributed by atoms with Crippen LogP contribution in [0.1, 0.15) is 72.1 Å². The Balaban J connectivity index is 3.74. The van der Waals surface area contributed by atoms with Crippen LogP contribution in [0.15, 0.2) is 23.8 Å². The van der Waals surface area contributed by atoms with Crippen molar-refractivity contribution < 1.29 is 0 Å². The van der Waals surface area contributed by atoms with Crippen molar-refractivity contribution in [3.63, 3.8) is 0 Å². The van der Waals surface area contributed by atoms with E-state index < -0.39 is 0 Å². The SMILES string of the molecule is C=C(CCC)CCC=C(CC)CCCC. The van der Waals surface area contributed by atoms with Gasteiger partial charge in [0.25, 0.3) is 0 Å². The third kappa shape index (κ3) is 8.47. The molecular weight excluding hydrogens is 180 g/mol. The lowest BCUT2D eigenvalue weighted by atomic mass is 10.0. The van der Waals surface area contributed by atoms with Gasteiger partial charge in [-0.1, -0.05) is 57.4 Å². The summed E-state index contributed by atoms with van der Waals surface area (Å²) >= 11 is 0. The Hall–Kier alpha value is -0.520. The summed E-state index contributed by atoms with van der Waals surface area (Å²) in [5.41, 5.74) is 3.06. The molecule has 0 aliphatic carbocycles. The fourth-order valence-corrected chi connectivity index (χ4v) is 1.79. The molecule has 15 heavy (non-hydrogen) atoms. The Labute approximate surface area is 96.5 Å². The topological polar surface area (TPSA) is 0 Å². The second kappa shape index (κ2) is 10.0. The Morgan fingerprint density at radius 1 is 1.00 bits per heavy atom. The van der Waals surface area contributed by atoms with Crippen molar-refractivity contribution in [1.82, 2.24) is 0 Å². The molecule has 0 aromatic carbocycles. The first-order chi connectivity index (χ1) is 7.24. The lowest BCUT2D eigenvalue weighted by Crippen LogP contribution is -1.84. The standard InChI is InChI=1S/C15H28/c1-5-8-12-15(7-3)13-9-11-14(4)10-6-2/h13H,4-12H2,1-3H3. The van der Waals surface area contributed by atoms with Gasteiger partial charge in [-0.15, -0.1) is 0 Å². The minimum atomic E-state index is 1.18. The fourth-order valence-electron chi connectivity index (χ4n) is 1.79. The average molecular weight is 208 g/mol. The predicted octanol–water partition coefficient (Wildman–Crippen LogP) is 5.65. The third-order valence-corrected chi connectivity index (χ3v) is 2.84. The summed E-state index contributed by atoms with van der Waals surface area (Å²) in [5, 5.41) is 0. The Morgan fingerprint density at radius 3 is 2.27 bits per heavy atom. The van der Waals surface area contributed by atoms with E-state index in [1.807, 2.05) is 0 Å². The smallest absolute Gasteiger partial charge is 0.0288 e. The average Bonchev–Trinajstić information content (AvgIpc) is 2.23. The van der Waals surface area contributed by atoms with Crippen LogP contribution in [0.25, 0.3) is 0 Å². The van der Waals surface area contributed by atoms with E-state index in [4.69, 9.17) is 0 Å². The van der Waals surface area contributed by atoms with Gasteiger partial charge in [-0.3, -0.25) is 0 Å². The molecule has 0 amide bonds. The van der Waals surface area contributed by atoms with Gasteiger partial charge in [0.2, 0.25) is 0 Å². The molecule has 0 spiro atoms. The van der Waals surface area contributed by atoms with Crippen molar-refractivity contribution >= 4 is 0 Å². The van der Waals surface area contributed by atoms with Crippen LogP contribution in [0.2, 0.25) is 0 Å². The molecule has 88 valence electrons. The molecule has 0 saturated carbocycles. The van der Waals surface area contributed by atoms with Crippen LogP contribution < -0.4 is 0 Å². The van der Waals surface area contributed by atoms with Crippen molar-refractivity contribution in [3.05, 3.63) is 23.8 Å². The summed E-state index contributed by atoms with van der Waals surface area (Å²) < 4.78 is 0. The molecule has 0 saturated heterocycles. The monoisotopic (exact) mass is 208 g/mol. The van der Waals surface area contributed by atoms with E-state index in [1.165, 1.54) is 56.9 Å². The third-order valence-electron chi connectivity index (χ3n) is 2.84. The predicted molar refractivity (Wildman–Crippen MR) is 71.2 cm³/mol. The number of unbranched alkanes of at least 4 members (excludes halogenated alkanes) is 1. The van der Waals surface area contributed by atoms with Crippen LogP contribution in [0, 0.1) is 0 Å². The van der Waals surface area contributed by atoms with E-state index in [0.717, 1.165) is 0 Å². The minimum absolute atomic E-state index is 1.18. The molecule has 0 atom stereocenters. The highest BCUT2D eigenvalue weighted by molar-refractivity contribution is 5.04. The molecule has 0 aliphatic rings. The molecule has 0 N–H and O–H groups in total. The van der Waals surface area contributed by atoms with E-state index in [0.29, 0.717) is 0 Å². The second-order valence-corrected chi connectivity index (χ2v) is 4.36. The molecule has 0 unspecified atom stereocenters. The zero-order valence-corrected chi connectivity index (χ0v) is 10.9. The fraction of sp³-hybridized carbons (Fsp3) is 0.733. The summed E-state index contributed by atoms with van der Waals surface area (Å²) in [6.07, 6.45) is 12.4. The van der Waals surface area contributed by atoms with E-state index in [2.05, 4.69) is 33.4 Å². The summed E-state index contributed by atoms with van der Waals surface area (Å²) in [6, 6.07) is 0. The molecule has 0 radical (unpaired) electrons.